The van der Waals surface area contributed by atoms with Gasteiger partial charge in [-0.25, -0.2) is 4.39 Å². The zero-order valence-corrected chi connectivity index (χ0v) is 11.3. The van der Waals surface area contributed by atoms with Crippen LogP contribution in [0.2, 0.25) is 0 Å². The first-order valence-corrected chi connectivity index (χ1v) is 6.20. The number of aromatic nitrogens is 3. The average Bonchev–Trinajstić information content (AvgIpc) is 2.80. The lowest BCUT2D eigenvalue weighted by atomic mass is 10.0. The highest BCUT2D eigenvalue weighted by atomic mass is 19.1. The normalized spacial score (nSPS) is 10.6. The van der Waals surface area contributed by atoms with Gasteiger partial charge in [0.1, 0.15) is 5.82 Å². The summed E-state index contributed by atoms with van der Waals surface area (Å²) in [5, 5.41) is 4.16. The molecule has 0 atom stereocenters. The van der Waals surface area contributed by atoms with Gasteiger partial charge in [0.15, 0.2) is 11.6 Å². The van der Waals surface area contributed by atoms with Crippen LogP contribution in [-0.2, 0) is 13.5 Å². The van der Waals surface area contributed by atoms with Gasteiger partial charge in [0.25, 0.3) is 0 Å². The van der Waals surface area contributed by atoms with Crippen molar-refractivity contribution in [3.63, 3.8) is 0 Å². The molecular weight excluding hydrogens is 261 g/mol. The van der Waals surface area contributed by atoms with Crippen molar-refractivity contribution in [3.05, 3.63) is 47.3 Å². The molecule has 0 saturated carbocycles. The fourth-order valence-corrected chi connectivity index (χ4v) is 1.94. The van der Waals surface area contributed by atoms with Crippen molar-refractivity contribution in [1.82, 2.24) is 14.8 Å². The fourth-order valence-electron chi connectivity index (χ4n) is 1.94. The van der Waals surface area contributed by atoms with Crippen LogP contribution in [0.25, 0.3) is 0 Å². The van der Waals surface area contributed by atoms with Crippen molar-refractivity contribution >= 4 is 11.6 Å². The zero-order valence-electron chi connectivity index (χ0n) is 11.3. The molecule has 0 amide bonds. The van der Waals surface area contributed by atoms with E-state index < -0.39 is 11.6 Å². The lowest BCUT2D eigenvalue weighted by molar-refractivity contribution is 0.0893. The van der Waals surface area contributed by atoms with Crippen LogP contribution in [0.4, 0.5) is 4.39 Å². The Kier molecular flexibility index (Phi) is 4.02. The third-order valence-corrected chi connectivity index (χ3v) is 2.89. The number of pyridine rings is 1. The topological polar surface area (TPSA) is 64.8 Å². The number of carbonyl (C=O) groups excluding carboxylic acids is 2. The first-order valence-electron chi connectivity index (χ1n) is 6.20. The Hall–Kier alpha value is -2.37. The standard InChI is InChI=1S/C14H14FN3O2/c1-3-12-11(8-18(2)17-12)14(20)5-13(19)9-4-10(15)7-16-6-9/h4,6-8H,3,5H2,1-2H3. The molecule has 0 bridgehead atoms. The molecule has 0 fully saturated rings. The lowest BCUT2D eigenvalue weighted by Gasteiger charge is -2.00. The van der Waals surface area contributed by atoms with Crippen molar-refractivity contribution in [2.75, 3.05) is 0 Å². The van der Waals surface area contributed by atoms with Crippen LogP contribution in [0.15, 0.2) is 24.7 Å². The molecule has 0 radical (unpaired) electrons. The number of halogens is 1. The van der Waals surface area contributed by atoms with E-state index in [4.69, 9.17) is 0 Å². The van der Waals surface area contributed by atoms with Gasteiger partial charge in [-0.1, -0.05) is 6.92 Å². The molecule has 0 aliphatic rings. The smallest absolute Gasteiger partial charge is 0.174 e. The second-order valence-electron chi connectivity index (χ2n) is 4.43. The summed E-state index contributed by atoms with van der Waals surface area (Å²) in [5.74, 6) is -1.36. The number of aryl methyl sites for hydroxylation is 2. The monoisotopic (exact) mass is 275 g/mol. The molecule has 5 nitrogen and oxygen atoms in total. The van der Waals surface area contributed by atoms with Crippen LogP contribution >= 0.6 is 0 Å². The fraction of sp³-hybridized carbons (Fsp3) is 0.286. The van der Waals surface area contributed by atoms with E-state index in [1.807, 2.05) is 6.92 Å². The Balaban J connectivity index is 2.17. The maximum atomic E-state index is 13.0. The molecule has 2 aromatic rings. The molecule has 0 unspecified atom stereocenters. The largest absolute Gasteiger partial charge is 0.294 e. The first kappa shape index (κ1) is 14.0. The van der Waals surface area contributed by atoms with E-state index in [1.165, 1.54) is 6.20 Å². The van der Waals surface area contributed by atoms with E-state index in [9.17, 15) is 14.0 Å². The molecule has 6 heteroatoms. The average molecular weight is 275 g/mol. The van der Waals surface area contributed by atoms with E-state index in [0.717, 1.165) is 12.3 Å². The number of carbonyl (C=O) groups is 2. The predicted molar refractivity (Wildman–Crippen MR) is 70.1 cm³/mol. The number of Topliss-reactive ketones (excluding diaryl/α,β-unsaturated/α-hetero) is 2. The van der Waals surface area contributed by atoms with Crippen LogP contribution in [-0.4, -0.2) is 26.3 Å². The Bertz CT molecular complexity index is 664. The number of ketones is 2. The van der Waals surface area contributed by atoms with Gasteiger partial charge in [-0.15, -0.1) is 0 Å². The van der Waals surface area contributed by atoms with E-state index in [0.29, 0.717) is 17.7 Å². The summed E-state index contributed by atoms with van der Waals surface area (Å²) in [4.78, 5) is 27.6. The summed E-state index contributed by atoms with van der Waals surface area (Å²) in [6.07, 6.45) is 4.15. The van der Waals surface area contributed by atoms with E-state index >= 15 is 0 Å². The molecular formula is C14H14FN3O2. The Morgan fingerprint density at radius 1 is 1.30 bits per heavy atom. The minimum absolute atomic E-state index is 0.0975. The van der Waals surface area contributed by atoms with E-state index in [1.54, 1.807) is 17.9 Å². The second kappa shape index (κ2) is 5.73. The molecule has 0 spiro atoms. The molecule has 0 N–H and O–H groups in total. The summed E-state index contributed by atoms with van der Waals surface area (Å²) in [6, 6.07) is 1.08. The highest BCUT2D eigenvalue weighted by Gasteiger charge is 2.19. The van der Waals surface area contributed by atoms with Crippen LogP contribution in [0.5, 0.6) is 0 Å². The van der Waals surface area contributed by atoms with Crippen molar-refractivity contribution in [2.24, 2.45) is 7.05 Å². The maximum absolute atomic E-state index is 13.0. The van der Waals surface area contributed by atoms with Crippen molar-refractivity contribution in [1.29, 1.82) is 0 Å². The van der Waals surface area contributed by atoms with E-state index in [2.05, 4.69) is 10.1 Å². The predicted octanol–water partition coefficient (Wildman–Crippen LogP) is 1.97. The molecule has 0 aromatic carbocycles. The third-order valence-electron chi connectivity index (χ3n) is 2.89. The molecule has 2 rings (SSSR count). The number of hydrogen-bond acceptors (Lipinski definition) is 4. The SMILES string of the molecule is CCc1nn(C)cc1C(=O)CC(=O)c1cncc(F)c1. The van der Waals surface area contributed by atoms with E-state index in [-0.39, 0.29) is 17.8 Å². The molecule has 2 aromatic heterocycles. The van der Waals surface area contributed by atoms with Crippen molar-refractivity contribution in [2.45, 2.75) is 19.8 Å². The van der Waals surface area contributed by atoms with Crippen LogP contribution < -0.4 is 0 Å². The van der Waals surface area contributed by atoms with Crippen LogP contribution in [0.3, 0.4) is 0 Å². The first-order chi connectivity index (χ1) is 9.51. The van der Waals surface area contributed by atoms with Crippen molar-refractivity contribution < 1.29 is 14.0 Å². The third kappa shape index (κ3) is 2.96. The minimum atomic E-state index is -0.598. The zero-order chi connectivity index (χ0) is 14.7. The highest BCUT2D eigenvalue weighted by molar-refractivity contribution is 6.13. The van der Waals surface area contributed by atoms with Gasteiger partial charge in [-0.05, 0) is 12.5 Å². The molecule has 2 heterocycles. The second-order valence-corrected chi connectivity index (χ2v) is 4.43. The number of rotatable bonds is 5. The Morgan fingerprint density at radius 3 is 2.70 bits per heavy atom. The van der Waals surface area contributed by atoms with Gasteiger partial charge in [-0.2, -0.15) is 5.10 Å². The number of hydrogen-bond donors (Lipinski definition) is 0. The Labute approximate surface area is 115 Å². The minimum Gasteiger partial charge on any atom is -0.294 e. The molecule has 0 aliphatic heterocycles. The summed E-state index contributed by atoms with van der Waals surface area (Å²) in [6.45, 7) is 1.89. The van der Waals surface area contributed by atoms with Gasteiger partial charge in [0, 0.05) is 25.0 Å². The van der Waals surface area contributed by atoms with Crippen molar-refractivity contribution in [3.8, 4) is 0 Å². The summed E-state index contributed by atoms with van der Waals surface area (Å²) in [7, 11) is 1.72. The highest BCUT2D eigenvalue weighted by Crippen LogP contribution is 2.13. The van der Waals surface area contributed by atoms with Crippen LogP contribution in [0.1, 0.15) is 39.8 Å². The maximum Gasteiger partial charge on any atom is 0.174 e. The molecule has 0 saturated heterocycles. The van der Waals surface area contributed by atoms with Gasteiger partial charge in [0.2, 0.25) is 0 Å². The van der Waals surface area contributed by atoms with Gasteiger partial charge < -0.3 is 0 Å². The molecule has 0 aliphatic carbocycles. The quantitative estimate of drug-likeness (QED) is 0.618. The summed E-state index contributed by atoms with van der Waals surface area (Å²) >= 11 is 0. The van der Waals surface area contributed by atoms with Gasteiger partial charge >= 0.3 is 0 Å². The lowest BCUT2D eigenvalue weighted by Crippen LogP contribution is -2.10. The summed E-state index contributed by atoms with van der Waals surface area (Å²) < 4.78 is 14.5. The summed E-state index contributed by atoms with van der Waals surface area (Å²) in [5.41, 5.74) is 1.19. The molecule has 20 heavy (non-hydrogen) atoms. The van der Waals surface area contributed by atoms with Crippen LogP contribution in [0, 0.1) is 5.82 Å². The van der Waals surface area contributed by atoms with Gasteiger partial charge in [0.05, 0.1) is 23.9 Å². The number of nitrogens with zero attached hydrogens (tertiary/aromatic N) is 3. The van der Waals surface area contributed by atoms with Gasteiger partial charge in [-0.3, -0.25) is 19.3 Å². The Morgan fingerprint density at radius 2 is 2.05 bits per heavy atom. The molecule has 104 valence electrons.